The predicted octanol–water partition coefficient (Wildman–Crippen LogP) is 4.70. The van der Waals surface area contributed by atoms with E-state index in [1.54, 1.807) is 0 Å². The molecule has 0 heterocycles. The molecule has 0 aromatic rings. The lowest BCUT2D eigenvalue weighted by Gasteiger charge is -2.12. The predicted molar refractivity (Wildman–Crippen MR) is 72.6 cm³/mol. The standard InChI is InChI=1S/C15H30O/c1-4-10-14(2)13-15(3)11-8-6-5-7-9-12-16/h14,16H,3-13H2,1-2H3. The van der Waals surface area contributed by atoms with E-state index in [0.29, 0.717) is 6.61 Å². The fourth-order valence-electron chi connectivity index (χ4n) is 2.21. The molecule has 1 unspecified atom stereocenters. The maximum absolute atomic E-state index is 8.65. The first-order valence-electron chi connectivity index (χ1n) is 6.98. The van der Waals surface area contributed by atoms with Gasteiger partial charge in [-0.1, -0.05) is 58.1 Å². The summed E-state index contributed by atoms with van der Waals surface area (Å²) >= 11 is 0. The number of hydrogen-bond donors (Lipinski definition) is 1. The Kier molecular flexibility index (Phi) is 11.0. The van der Waals surface area contributed by atoms with E-state index < -0.39 is 0 Å². The first-order valence-corrected chi connectivity index (χ1v) is 6.98. The molecule has 0 saturated heterocycles. The Balaban J connectivity index is 3.30. The summed E-state index contributed by atoms with van der Waals surface area (Å²) in [5, 5.41) is 8.65. The van der Waals surface area contributed by atoms with Gasteiger partial charge in [0.2, 0.25) is 0 Å². The molecule has 0 aliphatic carbocycles. The Morgan fingerprint density at radius 1 is 1.12 bits per heavy atom. The molecule has 0 rings (SSSR count). The summed E-state index contributed by atoms with van der Waals surface area (Å²) in [6.45, 7) is 9.10. The van der Waals surface area contributed by atoms with Crippen LogP contribution in [0.2, 0.25) is 0 Å². The average Bonchev–Trinajstić information content (AvgIpc) is 2.23. The van der Waals surface area contributed by atoms with Crippen LogP contribution >= 0.6 is 0 Å². The summed E-state index contributed by atoms with van der Waals surface area (Å²) in [6, 6.07) is 0. The Hall–Kier alpha value is -0.300. The Morgan fingerprint density at radius 3 is 2.38 bits per heavy atom. The molecule has 0 amide bonds. The fourth-order valence-corrected chi connectivity index (χ4v) is 2.21. The van der Waals surface area contributed by atoms with Gasteiger partial charge in [0.1, 0.15) is 0 Å². The van der Waals surface area contributed by atoms with Crippen molar-refractivity contribution in [2.45, 2.75) is 71.6 Å². The van der Waals surface area contributed by atoms with Gasteiger partial charge in [-0.05, 0) is 31.6 Å². The summed E-state index contributed by atoms with van der Waals surface area (Å²) in [5.74, 6) is 0.812. The fraction of sp³-hybridized carbons (Fsp3) is 0.867. The molecule has 0 aromatic heterocycles. The maximum atomic E-state index is 8.65. The van der Waals surface area contributed by atoms with Crippen LogP contribution in [0.1, 0.15) is 71.6 Å². The van der Waals surface area contributed by atoms with Crippen molar-refractivity contribution in [1.29, 1.82) is 0 Å². The number of hydrogen-bond acceptors (Lipinski definition) is 1. The van der Waals surface area contributed by atoms with Crippen molar-refractivity contribution in [1.82, 2.24) is 0 Å². The van der Waals surface area contributed by atoms with Gasteiger partial charge in [0.05, 0.1) is 0 Å². The molecule has 0 fully saturated rings. The highest BCUT2D eigenvalue weighted by molar-refractivity contribution is 4.94. The number of unbranched alkanes of at least 4 members (excludes halogenated alkanes) is 4. The quantitative estimate of drug-likeness (QED) is 0.400. The molecule has 0 radical (unpaired) electrons. The van der Waals surface area contributed by atoms with Gasteiger partial charge >= 0.3 is 0 Å². The Labute approximate surface area is 102 Å². The lowest BCUT2D eigenvalue weighted by Crippen LogP contribution is -1.96. The van der Waals surface area contributed by atoms with Gasteiger partial charge in [0.25, 0.3) is 0 Å². The minimum Gasteiger partial charge on any atom is -0.396 e. The SMILES string of the molecule is C=C(CCCCCCCO)CC(C)CCC. The van der Waals surface area contributed by atoms with Gasteiger partial charge in [-0.25, -0.2) is 0 Å². The van der Waals surface area contributed by atoms with E-state index in [1.165, 1.54) is 56.9 Å². The van der Waals surface area contributed by atoms with Gasteiger partial charge in [0, 0.05) is 6.61 Å². The van der Waals surface area contributed by atoms with Crippen LogP contribution in [0.4, 0.5) is 0 Å². The first-order chi connectivity index (χ1) is 7.70. The second-order valence-corrected chi connectivity index (χ2v) is 5.09. The largest absolute Gasteiger partial charge is 0.396 e. The second kappa shape index (κ2) is 11.2. The van der Waals surface area contributed by atoms with Crippen molar-refractivity contribution in [3.63, 3.8) is 0 Å². The van der Waals surface area contributed by atoms with Crippen molar-refractivity contribution in [3.8, 4) is 0 Å². The van der Waals surface area contributed by atoms with Crippen LogP contribution in [-0.4, -0.2) is 11.7 Å². The molecular formula is C15H30O. The van der Waals surface area contributed by atoms with Crippen LogP contribution in [0, 0.1) is 5.92 Å². The minimum absolute atomic E-state index is 0.348. The van der Waals surface area contributed by atoms with Crippen LogP contribution in [0.5, 0.6) is 0 Å². The van der Waals surface area contributed by atoms with Gasteiger partial charge in [0.15, 0.2) is 0 Å². The molecule has 96 valence electrons. The molecule has 0 saturated carbocycles. The highest BCUT2D eigenvalue weighted by Gasteiger charge is 2.03. The monoisotopic (exact) mass is 226 g/mol. The van der Waals surface area contributed by atoms with Crippen LogP contribution in [-0.2, 0) is 0 Å². The molecule has 0 aliphatic heterocycles. The normalized spacial score (nSPS) is 12.7. The van der Waals surface area contributed by atoms with Crippen molar-refractivity contribution in [2.75, 3.05) is 6.61 Å². The molecule has 1 N–H and O–H groups in total. The summed E-state index contributed by atoms with van der Waals surface area (Å²) in [4.78, 5) is 0. The van der Waals surface area contributed by atoms with Gasteiger partial charge in [-0.3, -0.25) is 0 Å². The molecule has 1 nitrogen and oxygen atoms in total. The van der Waals surface area contributed by atoms with E-state index in [1.807, 2.05) is 0 Å². The Bertz CT molecular complexity index is 163. The average molecular weight is 226 g/mol. The van der Waals surface area contributed by atoms with Crippen LogP contribution < -0.4 is 0 Å². The molecule has 1 atom stereocenters. The molecule has 16 heavy (non-hydrogen) atoms. The second-order valence-electron chi connectivity index (χ2n) is 5.09. The number of aliphatic hydroxyl groups is 1. The molecule has 0 aliphatic rings. The summed E-state index contributed by atoms with van der Waals surface area (Å²) < 4.78 is 0. The summed E-state index contributed by atoms with van der Waals surface area (Å²) in [6.07, 6.45) is 11.0. The zero-order valence-corrected chi connectivity index (χ0v) is 11.3. The molecule has 0 spiro atoms. The highest BCUT2D eigenvalue weighted by atomic mass is 16.2. The van der Waals surface area contributed by atoms with Crippen molar-refractivity contribution < 1.29 is 5.11 Å². The summed E-state index contributed by atoms with van der Waals surface area (Å²) in [5.41, 5.74) is 1.43. The van der Waals surface area contributed by atoms with E-state index >= 15 is 0 Å². The van der Waals surface area contributed by atoms with E-state index in [9.17, 15) is 0 Å². The molecular weight excluding hydrogens is 196 g/mol. The van der Waals surface area contributed by atoms with Crippen molar-refractivity contribution >= 4 is 0 Å². The van der Waals surface area contributed by atoms with E-state index in [2.05, 4.69) is 20.4 Å². The third-order valence-electron chi connectivity index (χ3n) is 3.11. The smallest absolute Gasteiger partial charge is 0.0431 e. The molecule has 0 bridgehead atoms. The van der Waals surface area contributed by atoms with E-state index in [0.717, 1.165) is 12.3 Å². The Morgan fingerprint density at radius 2 is 1.75 bits per heavy atom. The van der Waals surface area contributed by atoms with E-state index in [4.69, 9.17) is 5.11 Å². The van der Waals surface area contributed by atoms with Crippen molar-refractivity contribution in [2.24, 2.45) is 5.92 Å². The van der Waals surface area contributed by atoms with Crippen LogP contribution in [0.25, 0.3) is 0 Å². The lowest BCUT2D eigenvalue weighted by atomic mass is 9.94. The molecule has 1 heteroatoms. The van der Waals surface area contributed by atoms with Crippen LogP contribution in [0.3, 0.4) is 0 Å². The van der Waals surface area contributed by atoms with Gasteiger partial charge in [-0.2, -0.15) is 0 Å². The maximum Gasteiger partial charge on any atom is 0.0431 e. The minimum atomic E-state index is 0.348. The summed E-state index contributed by atoms with van der Waals surface area (Å²) in [7, 11) is 0. The number of allylic oxidation sites excluding steroid dienone is 1. The van der Waals surface area contributed by atoms with Gasteiger partial charge in [-0.15, -0.1) is 0 Å². The van der Waals surface area contributed by atoms with Crippen LogP contribution in [0.15, 0.2) is 12.2 Å². The molecule has 0 aromatic carbocycles. The zero-order valence-electron chi connectivity index (χ0n) is 11.3. The number of aliphatic hydroxyl groups excluding tert-OH is 1. The zero-order chi connectivity index (χ0) is 12.2. The first kappa shape index (κ1) is 15.7. The topological polar surface area (TPSA) is 20.2 Å². The third-order valence-corrected chi connectivity index (χ3v) is 3.11. The van der Waals surface area contributed by atoms with Gasteiger partial charge < -0.3 is 5.11 Å². The third kappa shape index (κ3) is 10.2. The lowest BCUT2D eigenvalue weighted by molar-refractivity contribution is 0.282. The number of rotatable bonds is 11. The van der Waals surface area contributed by atoms with E-state index in [-0.39, 0.29) is 0 Å². The highest BCUT2D eigenvalue weighted by Crippen LogP contribution is 2.19. The van der Waals surface area contributed by atoms with Crippen molar-refractivity contribution in [3.05, 3.63) is 12.2 Å².